The fourth-order valence-corrected chi connectivity index (χ4v) is 2.49. The zero-order valence-electron chi connectivity index (χ0n) is 12.0. The van der Waals surface area contributed by atoms with E-state index in [1.165, 1.54) is 18.0 Å². The third kappa shape index (κ3) is 4.10. The van der Waals surface area contributed by atoms with Crippen molar-refractivity contribution in [1.29, 1.82) is 0 Å². The predicted octanol–water partition coefficient (Wildman–Crippen LogP) is 2.78. The SMILES string of the molecule is O=C(CSc1nc2ccccc2o1)N/N=C\c1cccc(O)c1. The first-order valence-corrected chi connectivity index (χ1v) is 7.78. The summed E-state index contributed by atoms with van der Waals surface area (Å²) in [5.74, 6) is 0.0185. The van der Waals surface area contributed by atoms with Crippen molar-refractivity contribution in [3.8, 4) is 5.75 Å². The number of nitrogens with zero attached hydrogens (tertiary/aromatic N) is 2. The molecule has 0 bridgehead atoms. The molecule has 2 N–H and O–H groups in total. The minimum absolute atomic E-state index is 0.143. The lowest BCUT2D eigenvalue weighted by Gasteiger charge is -1.97. The van der Waals surface area contributed by atoms with E-state index in [0.717, 1.165) is 5.52 Å². The number of fused-ring (bicyclic) bond motifs is 1. The minimum Gasteiger partial charge on any atom is -0.508 e. The first-order valence-electron chi connectivity index (χ1n) is 6.80. The zero-order valence-corrected chi connectivity index (χ0v) is 12.8. The van der Waals surface area contributed by atoms with Gasteiger partial charge in [-0.05, 0) is 29.8 Å². The van der Waals surface area contributed by atoms with Crippen molar-refractivity contribution in [1.82, 2.24) is 10.4 Å². The lowest BCUT2D eigenvalue weighted by Crippen LogP contribution is -2.19. The highest BCUT2D eigenvalue weighted by atomic mass is 32.2. The van der Waals surface area contributed by atoms with Gasteiger partial charge in [0.2, 0.25) is 0 Å². The Hall–Kier alpha value is -2.80. The summed E-state index contributed by atoms with van der Waals surface area (Å²) in [6.07, 6.45) is 1.46. The minimum atomic E-state index is -0.270. The predicted molar refractivity (Wildman–Crippen MR) is 88.6 cm³/mol. The molecule has 1 heterocycles. The molecule has 7 heteroatoms. The zero-order chi connectivity index (χ0) is 16.1. The van der Waals surface area contributed by atoms with Crippen LogP contribution in [0.15, 0.2) is 63.3 Å². The number of oxazole rings is 1. The van der Waals surface area contributed by atoms with Crippen LogP contribution in [0.25, 0.3) is 11.1 Å². The summed E-state index contributed by atoms with van der Waals surface area (Å²) in [6, 6.07) is 14.0. The van der Waals surface area contributed by atoms with Gasteiger partial charge in [0.25, 0.3) is 11.1 Å². The number of carbonyl (C=O) groups is 1. The van der Waals surface area contributed by atoms with E-state index < -0.39 is 0 Å². The largest absolute Gasteiger partial charge is 0.508 e. The number of phenols is 1. The molecule has 0 aliphatic carbocycles. The Morgan fingerprint density at radius 3 is 3.00 bits per heavy atom. The van der Waals surface area contributed by atoms with E-state index in [1.807, 2.05) is 24.3 Å². The second kappa shape index (κ2) is 6.97. The lowest BCUT2D eigenvalue weighted by atomic mass is 10.2. The number of hydrazone groups is 1. The molecule has 0 saturated carbocycles. The van der Waals surface area contributed by atoms with Gasteiger partial charge in [-0.2, -0.15) is 5.10 Å². The molecule has 2 aromatic carbocycles. The molecule has 0 atom stereocenters. The number of para-hydroxylation sites is 2. The second-order valence-corrected chi connectivity index (χ2v) is 5.55. The maximum absolute atomic E-state index is 11.7. The van der Waals surface area contributed by atoms with E-state index in [9.17, 15) is 9.90 Å². The van der Waals surface area contributed by atoms with Crippen LogP contribution in [0.4, 0.5) is 0 Å². The van der Waals surface area contributed by atoms with Crippen LogP contribution >= 0.6 is 11.8 Å². The fourth-order valence-electron chi connectivity index (χ4n) is 1.86. The molecular formula is C16H13N3O3S. The van der Waals surface area contributed by atoms with E-state index in [4.69, 9.17) is 4.42 Å². The van der Waals surface area contributed by atoms with Crippen LogP contribution in [0.1, 0.15) is 5.56 Å². The molecular weight excluding hydrogens is 314 g/mol. The van der Waals surface area contributed by atoms with E-state index in [1.54, 1.807) is 24.3 Å². The molecule has 116 valence electrons. The Balaban J connectivity index is 1.51. The molecule has 23 heavy (non-hydrogen) atoms. The van der Waals surface area contributed by atoms with Crippen LogP contribution < -0.4 is 5.43 Å². The first kappa shape index (κ1) is 15.1. The summed E-state index contributed by atoms with van der Waals surface area (Å²) in [4.78, 5) is 16.0. The summed E-state index contributed by atoms with van der Waals surface area (Å²) in [5.41, 5.74) is 4.56. The summed E-state index contributed by atoms with van der Waals surface area (Å²) >= 11 is 1.20. The van der Waals surface area contributed by atoms with Crippen LogP contribution in [0.2, 0.25) is 0 Å². The Morgan fingerprint density at radius 1 is 1.30 bits per heavy atom. The van der Waals surface area contributed by atoms with Gasteiger partial charge in [0, 0.05) is 0 Å². The molecule has 3 aromatic rings. The van der Waals surface area contributed by atoms with Crippen molar-refractivity contribution < 1.29 is 14.3 Å². The van der Waals surface area contributed by atoms with Crippen molar-refractivity contribution in [3.63, 3.8) is 0 Å². The molecule has 0 radical (unpaired) electrons. The topological polar surface area (TPSA) is 87.7 Å². The Morgan fingerprint density at radius 2 is 2.17 bits per heavy atom. The molecule has 0 aliphatic rings. The third-order valence-corrected chi connectivity index (χ3v) is 3.70. The van der Waals surface area contributed by atoms with Gasteiger partial charge >= 0.3 is 0 Å². The average Bonchev–Trinajstić information content (AvgIpc) is 2.96. The smallest absolute Gasteiger partial charge is 0.257 e. The molecule has 0 saturated heterocycles. The molecule has 1 aromatic heterocycles. The van der Waals surface area contributed by atoms with Crippen molar-refractivity contribution >= 4 is 35.0 Å². The summed E-state index contributed by atoms with van der Waals surface area (Å²) in [7, 11) is 0. The number of thioether (sulfide) groups is 1. The number of phenolic OH excluding ortho intramolecular Hbond substituents is 1. The highest BCUT2D eigenvalue weighted by molar-refractivity contribution is 7.99. The number of aromatic nitrogens is 1. The highest BCUT2D eigenvalue weighted by Crippen LogP contribution is 2.22. The van der Waals surface area contributed by atoms with Crippen LogP contribution in [0.3, 0.4) is 0 Å². The maximum atomic E-state index is 11.7. The average molecular weight is 327 g/mol. The van der Waals surface area contributed by atoms with Crippen LogP contribution in [-0.2, 0) is 4.79 Å². The van der Waals surface area contributed by atoms with Gasteiger partial charge in [-0.1, -0.05) is 36.0 Å². The molecule has 6 nitrogen and oxygen atoms in total. The van der Waals surface area contributed by atoms with Crippen molar-refractivity contribution in [3.05, 3.63) is 54.1 Å². The van der Waals surface area contributed by atoms with E-state index >= 15 is 0 Å². The van der Waals surface area contributed by atoms with Gasteiger partial charge in [-0.15, -0.1) is 0 Å². The standard InChI is InChI=1S/C16H13N3O3S/c20-12-5-3-4-11(8-12)9-17-19-15(21)10-23-16-18-13-6-1-2-7-14(13)22-16/h1-9,20H,10H2,(H,19,21)/b17-9-. The molecule has 0 aliphatic heterocycles. The van der Waals surface area contributed by atoms with Crippen LogP contribution in [0, 0.1) is 0 Å². The monoisotopic (exact) mass is 327 g/mol. The van der Waals surface area contributed by atoms with E-state index in [2.05, 4.69) is 15.5 Å². The number of hydrogen-bond donors (Lipinski definition) is 2. The molecule has 3 rings (SSSR count). The molecule has 1 amide bonds. The second-order valence-electron chi connectivity index (χ2n) is 4.62. The first-order chi connectivity index (χ1) is 11.2. The number of aromatic hydroxyl groups is 1. The number of rotatable bonds is 5. The van der Waals surface area contributed by atoms with Gasteiger partial charge in [0.15, 0.2) is 5.58 Å². The number of hydrogen-bond acceptors (Lipinski definition) is 6. The number of amides is 1. The third-order valence-electron chi connectivity index (χ3n) is 2.87. The lowest BCUT2D eigenvalue weighted by molar-refractivity contribution is -0.118. The summed E-state index contributed by atoms with van der Waals surface area (Å²) < 4.78 is 5.51. The van der Waals surface area contributed by atoms with Crippen molar-refractivity contribution in [2.45, 2.75) is 5.22 Å². The van der Waals surface area contributed by atoms with Gasteiger partial charge in [-0.25, -0.2) is 10.4 Å². The van der Waals surface area contributed by atoms with Gasteiger partial charge in [0.1, 0.15) is 11.3 Å². The molecule has 0 spiro atoms. The normalized spacial score (nSPS) is 11.1. The van der Waals surface area contributed by atoms with Crippen LogP contribution in [-0.4, -0.2) is 28.0 Å². The Kier molecular flexibility index (Phi) is 4.58. The Bertz CT molecular complexity index is 827. The summed E-state index contributed by atoms with van der Waals surface area (Å²) in [5, 5.41) is 13.6. The highest BCUT2D eigenvalue weighted by Gasteiger charge is 2.08. The number of benzene rings is 2. The van der Waals surface area contributed by atoms with Crippen molar-refractivity contribution in [2.24, 2.45) is 5.10 Å². The van der Waals surface area contributed by atoms with Crippen LogP contribution in [0.5, 0.6) is 5.75 Å². The fraction of sp³-hybridized carbons (Fsp3) is 0.0625. The number of nitrogens with one attached hydrogen (secondary N) is 1. The molecule has 0 unspecified atom stereocenters. The van der Waals surface area contributed by atoms with E-state index in [-0.39, 0.29) is 17.4 Å². The summed E-state index contributed by atoms with van der Waals surface area (Å²) in [6.45, 7) is 0. The maximum Gasteiger partial charge on any atom is 0.257 e. The van der Waals surface area contributed by atoms with Gasteiger partial charge < -0.3 is 9.52 Å². The quantitative estimate of drug-likeness (QED) is 0.427. The van der Waals surface area contributed by atoms with E-state index in [0.29, 0.717) is 16.4 Å². The number of carbonyl (C=O) groups excluding carboxylic acids is 1. The Labute approximate surface area is 136 Å². The van der Waals surface area contributed by atoms with Gasteiger partial charge in [-0.3, -0.25) is 4.79 Å². The van der Waals surface area contributed by atoms with Gasteiger partial charge in [0.05, 0.1) is 12.0 Å². The molecule has 0 fully saturated rings. The van der Waals surface area contributed by atoms with Crippen molar-refractivity contribution in [2.75, 3.05) is 5.75 Å².